The Bertz CT molecular complexity index is 704. The molecule has 0 aromatic rings. The Balaban J connectivity index is 1.82. The zero-order valence-electron chi connectivity index (χ0n) is 19.6. The van der Waals surface area contributed by atoms with Crippen LogP contribution in [0.3, 0.4) is 0 Å². The lowest BCUT2D eigenvalue weighted by Gasteiger charge is -2.61. The van der Waals surface area contributed by atoms with Crippen molar-refractivity contribution in [2.45, 2.75) is 98.0 Å². The van der Waals surface area contributed by atoms with Crippen molar-refractivity contribution in [1.82, 2.24) is 0 Å². The van der Waals surface area contributed by atoms with Crippen molar-refractivity contribution in [3.8, 4) is 0 Å². The van der Waals surface area contributed by atoms with E-state index in [1.54, 1.807) is 6.92 Å². The number of ether oxygens (including phenoxy) is 1. The van der Waals surface area contributed by atoms with Crippen molar-refractivity contribution in [1.29, 1.82) is 0 Å². The van der Waals surface area contributed by atoms with E-state index in [2.05, 4.69) is 13.8 Å². The predicted molar refractivity (Wildman–Crippen MR) is 116 cm³/mol. The highest BCUT2D eigenvalue weighted by atomic mass is 16.5. The Morgan fingerprint density at radius 1 is 1.06 bits per heavy atom. The number of aliphatic carboxylic acids is 2. The van der Waals surface area contributed by atoms with Crippen LogP contribution in [0.2, 0.25) is 0 Å². The van der Waals surface area contributed by atoms with Crippen LogP contribution in [-0.4, -0.2) is 34.2 Å². The quantitative estimate of drug-likeness (QED) is 0.536. The van der Waals surface area contributed by atoms with Crippen LogP contribution in [0, 0.1) is 40.4 Å². The molecule has 0 amide bonds. The molecule has 0 aromatic carbocycles. The van der Waals surface area contributed by atoms with Gasteiger partial charge in [-0.2, -0.15) is 0 Å². The van der Waals surface area contributed by atoms with Crippen LogP contribution in [0.4, 0.5) is 0 Å². The molecule has 0 bridgehead atoms. The summed E-state index contributed by atoms with van der Waals surface area (Å²) in [6.45, 7) is 7.89. The van der Waals surface area contributed by atoms with E-state index in [1.807, 2.05) is 0 Å². The molecule has 176 valence electrons. The summed E-state index contributed by atoms with van der Waals surface area (Å²) in [6, 6.07) is 0. The topological polar surface area (TPSA) is 101 Å². The summed E-state index contributed by atoms with van der Waals surface area (Å²) in [5.41, 5.74) is 0.0628. The summed E-state index contributed by atoms with van der Waals surface area (Å²) in [5, 5.41) is 18.9. The molecule has 31 heavy (non-hydrogen) atoms. The van der Waals surface area contributed by atoms with Gasteiger partial charge in [-0.1, -0.05) is 20.8 Å². The fourth-order valence-electron chi connectivity index (χ4n) is 7.84. The number of carboxylic acid groups (broad SMARTS) is 2. The SMILES string of the molecule is CC(=O)OC1CCC2(C)C(CCC3C(CCC(=O)O)C(C)(CC(C)C(=O)O)CCC32)C1. The third-order valence-corrected chi connectivity index (χ3v) is 9.33. The van der Waals surface area contributed by atoms with E-state index in [1.165, 1.54) is 6.92 Å². The summed E-state index contributed by atoms with van der Waals surface area (Å²) < 4.78 is 5.55. The van der Waals surface area contributed by atoms with Crippen molar-refractivity contribution in [2.75, 3.05) is 0 Å². The lowest BCUT2D eigenvalue weighted by atomic mass is 9.43. The minimum atomic E-state index is -0.766. The molecule has 3 rings (SSSR count). The summed E-state index contributed by atoms with van der Waals surface area (Å²) in [6.07, 6.45) is 8.52. The molecule has 6 nitrogen and oxygen atoms in total. The van der Waals surface area contributed by atoms with Gasteiger partial charge in [0.05, 0.1) is 5.92 Å². The predicted octanol–water partition coefficient (Wildman–Crippen LogP) is 5.14. The molecule has 3 aliphatic carbocycles. The number of hydrogen-bond donors (Lipinski definition) is 2. The molecule has 0 heterocycles. The van der Waals surface area contributed by atoms with Crippen molar-refractivity contribution >= 4 is 17.9 Å². The van der Waals surface area contributed by atoms with Crippen molar-refractivity contribution in [2.24, 2.45) is 40.4 Å². The number of carbonyl (C=O) groups is 3. The van der Waals surface area contributed by atoms with Gasteiger partial charge in [-0.15, -0.1) is 0 Å². The molecule has 0 radical (unpaired) electrons. The summed E-state index contributed by atoms with van der Waals surface area (Å²) in [7, 11) is 0. The van der Waals surface area contributed by atoms with Crippen molar-refractivity contribution in [3.05, 3.63) is 0 Å². The number of rotatable bonds is 7. The van der Waals surface area contributed by atoms with Gasteiger partial charge < -0.3 is 14.9 Å². The molecule has 3 fully saturated rings. The molecular weight excluding hydrogens is 396 g/mol. The maximum atomic E-state index is 11.6. The largest absolute Gasteiger partial charge is 0.481 e. The van der Waals surface area contributed by atoms with Crippen LogP contribution in [0.25, 0.3) is 0 Å². The highest BCUT2D eigenvalue weighted by Gasteiger charge is 2.57. The van der Waals surface area contributed by atoms with Crippen LogP contribution in [0.5, 0.6) is 0 Å². The van der Waals surface area contributed by atoms with Gasteiger partial charge in [-0.25, -0.2) is 0 Å². The first-order valence-electron chi connectivity index (χ1n) is 12.1. The molecule has 8 unspecified atom stereocenters. The van der Waals surface area contributed by atoms with E-state index in [0.29, 0.717) is 30.6 Å². The molecule has 3 aliphatic rings. The maximum Gasteiger partial charge on any atom is 0.306 e. The Kier molecular flexibility index (Phi) is 7.07. The number of hydrogen-bond acceptors (Lipinski definition) is 4. The van der Waals surface area contributed by atoms with Crippen molar-refractivity contribution < 1.29 is 29.3 Å². The molecule has 2 N–H and O–H groups in total. The lowest BCUT2D eigenvalue weighted by molar-refractivity contribution is -0.163. The first kappa shape index (κ1) is 24.1. The van der Waals surface area contributed by atoms with E-state index in [9.17, 15) is 24.6 Å². The Labute approximate surface area is 186 Å². The van der Waals surface area contributed by atoms with Gasteiger partial charge in [-0.05, 0) is 92.3 Å². The summed E-state index contributed by atoms with van der Waals surface area (Å²) >= 11 is 0. The van der Waals surface area contributed by atoms with E-state index in [-0.39, 0.29) is 35.2 Å². The highest BCUT2D eigenvalue weighted by molar-refractivity contribution is 5.69. The fourth-order valence-corrected chi connectivity index (χ4v) is 7.84. The number of carboxylic acids is 2. The molecule has 0 aliphatic heterocycles. The van der Waals surface area contributed by atoms with Gasteiger partial charge in [0.25, 0.3) is 0 Å². The zero-order valence-corrected chi connectivity index (χ0v) is 19.6. The monoisotopic (exact) mass is 436 g/mol. The third-order valence-electron chi connectivity index (χ3n) is 9.33. The minimum absolute atomic E-state index is 0.0280. The number of fused-ring (bicyclic) bond motifs is 3. The summed E-state index contributed by atoms with van der Waals surface area (Å²) in [4.78, 5) is 34.5. The van der Waals surface area contributed by atoms with Gasteiger partial charge in [0.2, 0.25) is 0 Å². The lowest BCUT2D eigenvalue weighted by Crippen LogP contribution is -2.54. The summed E-state index contributed by atoms with van der Waals surface area (Å²) in [5.74, 6) is -0.376. The van der Waals surface area contributed by atoms with Crippen LogP contribution < -0.4 is 0 Å². The normalized spacial score (nSPS) is 40.8. The highest BCUT2D eigenvalue weighted by Crippen LogP contribution is 2.64. The second-order valence-corrected chi connectivity index (χ2v) is 11.2. The first-order chi connectivity index (χ1) is 14.5. The molecule has 0 spiro atoms. The Morgan fingerprint density at radius 2 is 1.77 bits per heavy atom. The zero-order chi connectivity index (χ0) is 23.0. The molecule has 8 atom stereocenters. The van der Waals surface area contributed by atoms with Crippen LogP contribution >= 0.6 is 0 Å². The molecular formula is C25H40O6. The van der Waals surface area contributed by atoms with Crippen LogP contribution in [0.1, 0.15) is 91.9 Å². The molecule has 3 saturated carbocycles. The van der Waals surface area contributed by atoms with E-state index in [4.69, 9.17) is 4.74 Å². The van der Waals surface area contributed by atoms with E-state index < -0.39 is 17.9 Å². The van der Waals surface area contributed by atoms with Gasteiger partial charge in [0, 0.05) is 13.3 Å². The first-order valence-corrected chi connectivity index (χ1v) is 12.1. The van der Waals surface area contributed by atoms with Gasteiger partial charge in [0.15, 0.2) is 0 Å². The second-order valence-electron chi connectivity index (χ2n) is 11.2. The smallest absolute Gasteiger partial charge is 0.306 e. The number of carbonyl (C=O) groups excluding carboxylic acids is 1. The second kappa shape index (κ2) is 9.11. The van der Waals surface area contributed by atoms with Crippen LogP contribution in [0.15, 0.2) is 0 Å². The third kappa shape index (κ3) is 4.93. The van der Waals surface area contributed by atoms with Crippen molar-refractivity contribution in [3.63, 3.8) is 0 Å². The van der Waals surface area contributed by atoms with E-state index >= 15 is 0 Å². The average molecular weight is 437 g/mol. The molecule has 6 heteroatoms. The minimum Gasteiger partial charge on any atom is -0.481 e. The molecule has 0 aromatic heterocycles. The van der Waals surface area contributed by atoms with Crippen LogP contribution in [-0.2, 0) is 19.1 Å². The van der Waals surface area contributed by atoms with Gasteiger partial charge in [0.1, 0.15) is 6.10 Å². The Hall–Kier alpha value is -1.59. The number of esters is 1. The standard InChI is InChI=1S/C25H40O6/c1-15(23(29)30)14-24(3)11-10-21-19(20(24)7-8-22(27)28)6-5-17-13-18(31-16(2)26)9-12-25(17,21)4/h15,17-21H,5-14H2,1-4H3,(H,27,28)(H,29,30). The van der Waals surface area contributed by atoms with Gasteiger partial charge in [-0.3, -0.25) is 14.4 Å². The molecule has 0 saturated heterocycles. The van der Waals surface area contributed by atoms with E-state index in [0.717, 1.165) is 44.9 Å². The maximum absolute atomic E-state index is 11.6. The van der Waals surface area contributed by atoms with Gasteiger partial charge >= 0.3 is 17.9 Å². The fraction of sp³-hybridized carbons (Fsp3) is 0.880. The average Bonchev–Trinajstić information content (AvgIpc) is 2.66. The Morgan fingerprint density at radius 3 is 2.39 bits per heavy atom.